The Morgan fingerprint density at radius 1 is 1.20 bits per heavy atom. The average Bonchev–Trinajstić information content (AvgIpc) is 3.13. The molecule has 0 bridgehead atoms. The lowest BCUT2D eigenvalue weighted by atomic mass is 9.97. The number of fused-ring (bicyclic) bond motifs is 1. The van der Waals surface area contributed by atoms with Crippen molar-refractivity contribution in [2.24, 2.45) is 0 Å². The highest BCUT2D eigenvalue weighted by atomic mass is 35.5. The van der Waals surface area contributed by atoms with Crippen molar-refractivity contribution in [3.05, 3.63) is 41.3 Å². The Morgan fingerprint density at radius 3 is 2.92 bits per heavy atom. The molecule has 2 fully saturated rings. The third-order valence-corrected chi connectivity index (χ3v) is 5.30. The predicted molar refractivity (Wildman–Crippen MR) is 98.6 cm³/mol. The number of halogens is 1. The maximum Gasteiger partial charge on any atom is 0.227 e. The monoisotopic (exact) mass is 354 g/mol. The van der Waals surface area contributed by atoms with Crippen molar-refractivity contribution in [3.63, 3.8) is 0 Å². The number of rotatable bonds is 4. The molecular formula is C18H19ClN6. The van der Waals surface area contributed by atoms with E-state index < -0.39 is 0 Å². The molecule has 2 aliphatic rings. The Kier molecular flexibility index (Phi) is 3.60. The molecule has 0 spiro atoms. The van der Waals surface area contributed by atoms with E-state index in [0.29, 0.717) is 17.9 Å². The summed E-state index contributed by atoms with van der Waals surface area (Å²) < 4.78 is 2.01. The summed E-state index contributed by atoms with van der Waals surface area (Å²) in [7, 11) is 0. The highest BCUT2D eigenvalue weighted by Crippen LogP contribution is 2.35. The van der Waals surface area contributed by atoms with Gasteiger partial charge in [0.2, 0.25) is 5.95 Å². The molecule has 1 aliphatic carbocycles. The first-order valence-corrected chi connectivity index (χ1v) is 9.12. The molecule has 0 amide bonds. The summed E-state index contributed by atoms with van der Waals surface area (Å²) in [6.45, 7) is 2.02. The van der Waals surface area contributed by atoms with Crippen LogP contribution in [0.5, 0.6) is 0 Å². The average molecular weight is 355 g/mol. The van der Waals surface area contributed by atoms with Crippen LogP contribution in [0, 0.1) is 0 Å². The van der Waals surface area contributed by atoms with Crippen molar-refractivity contribution in [1.82, 2.24) is 25.1 Å². The molecule has 1 saturated heterocycles. The van der Waals surface area contributed by atoms with Gasteiger partial charge in [0.15, 0.2) is 0 Å². The Balaban J connectivity index is 1.45. The van der Waals surface area contributed by atoms with Crippen LogP contribution in [-0.2, 0) is 0 Å². The van der Waals surface area contributed by atoms with Crippen LogP contribution in [0.3, 0.4) is 0 Å². The second-order valence-electron chi connectivity index (χ2n) is 6.88. The van der Waals surface area contributed by atoms with Gasteiger partial charge in [-0.2, -0.15) is 5.10 Å². The molecular weight excluding hydrogens is 336 g/mol. The van der Waals surface area contributed by atoms with Gasteiger partial charge in [-0.1, -0.05) is 11.6 Å². The molecule has 6 nitrogen and oxygen atoms in total. The Labute approximate surface area is 150 Å². The van der Waals surface area contributed by atoms with Gasteiger partial charge < -0.3 is 10.6 Å². The molecule has 2 N–H and O–H groups in total. The van der Waals surface area contributed by atoms with E-state index in [1.807, 2.05) is 29.3 Å². The molecule has 1 aliphatic heterocycles. The first-order valence-electron chi connectivity index (χ1n) is 8.74. The standard InChI is InChI=1S/C18H19ClN6/c19-16-5-12-8-21-18(23-13-9-22-25(10-13)14-1-2-14)24-17(12)6-15(16)11-3-4-20-7-11/h5-6,8-11,14,20H,1-4,7H2,(H,21,23,24). The van der Waals surface area contributed by atoms with Gasteiger partial charge in [-0.15, -0.1) is 0 Å². The molecule has 1 saturated carbocycles. The maximum absolute atomic E-state index is 6.48. The van der Waals surface area contributed by atoms with Gasteiger partial charge in [-0.25, -0.2) is 9.97 Å². The SMILES string of the molecule is Clc1cc2cnc(Nc3cnn(C4CC4)c3)nc2cc1C1CCNC1. The van der Waals surface area contributed by atoms with Gasteiger partial charge in [0.1, 0.15) is 0 Å². The number of nitrogens with one attached hydrogen (secondary N) is 2. The lowest BCUT2D eigenvalue weighted by Crippen LogP contribution is -2.08. The van der Waals surface area contributed by atoms with E-state index >= 15 is 0 Å². The van der Waals surface area contributed by atoms with Crippen molar-refractivity contribution in [3.8, 4) is 0 Å². The van der Waals surface area contributed by atoms with Crippen LogP contribution >= 0.6 is 11.6 Å². The second kappa shape index (κ2) is 5.97. The molecule has 0 radical (unpaired) electrons. The van der Waals surface area contributed by atoms with Crippen molar-refractivity contribution >= 4 is 34.1 Å². The zero-order valence-electron chi connectivity index (χ0n) is 13.7. The van der Waals surface area contributed by atoms with Gasteiger partial charge >= 0.3 is 0 Å². The molecule has 1 atom stereocenters. The Bertz CT molecular complexity index is 926. The van der Waals surface area contributed by atoms with E-state index in [4.69, 9.17) is 11.6 Å². The minimum atomic E-state index is 0.458. The Hall–Kier alpha value is -2.18. The lowest BCUT2D eigenvalue weighted by molar-refractivity contribution is 0.642. The third-order valence-electron chi connectivity index (χ3n) is 4.98. The molecule has 3 heterocycles. The topological polar surface area (TPSA) is 67.7 Å². The highest BCUT2D eigenvalue weighted by molar-refractivity contribution is 6.32. The lowest BCUT2D eigenvalue weighted by Gasteiger charge is -2.12. The number of hydrogen-bond acceptors (Lipinski definition) is 5. The van der Waals surface area contributed by atoms with Gasteiger partial charge in [0, 0.05) is 29.3 Å². The fourth-order valence-electron chi connectivity index (χ4n) is 3.43. The molecule has 1 unspecified atom stereocenters. The highest BCUT2D eigenvalue weighted by Gasteiger charge is 2.24. The smallest absolute Gasteiger partial charge is 0.227 e. The van der Waals surface area contributed by atoms with E-state index in [1.165, 1.54) is 18.4 Å². The predicted octanol–water partition coefficient (Wildman–Crippen LogP) is 3.64. The summed E-state index contributed by atoms with van der Waals surface area (Å²) in [5, 5.41) is 12.8. The van der Waals surface area contributed by atoms with Crippen molar-refractivity contribution in [1.29, 1.82) is 0 Å². The number of hydrogen-bond donors (Lipinski definition) is 2. The van der Waals surface area contributed by atoms with E-state index in [0.717, 1.165) is 41.1 Å². The van der Waals surface area contributed by atoms with Crippen molar-refractivity contribution < 1.29 is 0 Å². The van der Waals surface area contributed by atoms with Crippen LogP contribution in [-0.4, -0.2) is 32.8 Å². The quantitative estimate of drug-likeness (QED) is 0.748. The van der Waals surface area contributed by atoms with Crippen LogP contribution in [0.1, 0.15) is 36.8 Å². The van der Waals surface area contributed by atoms with Crippen LogP contribution in [0.2, 0.25) is 5.02 Å². The fourth-order valence-corrected chi connectivity index (χ4v) is 3.76. The largest absolute Gasteiger partial charge is 0.321 e. The second-order valence-corrected chi connectivity index (χ2v) is 7.29. The van der Waals surface area contributed by atoms with Crippen LogP contribution in [0.25, 0.3) is 10.9 Å². The molecule has 3 aromatic rings. The van der Waals surface area contributed by atoms with Crippen LogP contribution in [0.4, 0.5) is 11.6 Å². The van der Waals surface area contributed by atoms with Crippen molar-refractivity contribution in [2.75, 3.05) is 18.4 Å². The van der Waals surface area contributed by atoms with E-state index in [2.05, 4.69) is 31.8 Å². The minimum absolute atomic E-state index is 0.458. The van der Waals surface area contributed by atoms with E-state index in [9.17, 15) is 0 Å². The van der Waals surface area contributed by atoms with Gasteiger partial charge in [0.25, 0.3) is 0 Å². The molecule has 128 valence electrons. The van der Waals surface area contributed by atoms with Gasteiger partial charge in [0.05, 0.1) is 23.4 Å². The zero-order chi connectivity index (χ0) is 16.8. The zero-order valence-corrected chi connectivity index (χ0v) is 14.5. The fraction of sp³-hybridized carbons (Fsp3) is 0.389. The summed E-state index contributed by atoms with van der Waals surface area (Å²) in [6.07, 6.45) is 9.20. The summed E-state index contributed by atoms with van der Waals surface area (Å²) in [4.78, 5) is 9.09. The maximum atomic E-state index is 6.48. The first-order chi connectivity index (χ1) is 12.3. The molecule has 25 heavy (non-hydrogen) atoms. The normalized spacial score (nSPS) is 20.3. The first kappa shape index (κ1) is 15.1. The van der Waals surface area contributed by atoms with E-state index in [-0.39, 0.29) is 0 Å². The minimum Gasteiger partial charge on any atom is -0.321 e. The summed E-state index contributed by atoms with van der Waals surface area (Å²) in [5.41, 5.74) is 3.00. The van der Waals surface area contributed by atoms with Crippen LogP contribution < -0.4 is 10.6 Å². The molecule has 1 aromatic carbocycles. The Morgan fingerprint density at radius 2 is 2.12 bits per heavy atom. The summed E-state index contributed by atoms with van der Waals surface area (Å²) in [6, 6.07) is 4.65. The number of aromatic nitrogens is 4. The van der Waals surface area contributed by atoms with Crippen molar-refractivity contribution in [2.45, 2.75) is 31.2 Å². The number of benzene rings is 1. The molecule has 7 heteroatoms. The van der Waals surface area contributed by atoms with E-state index in [1.54, 1.807) is 0 Å². The van der Waals surface area contributed by atoms with Gasteiger partial charge in [-0.3, -0.25) is 4.68 Å². The number of anilines is 2. The van der Waals surface area contributed by atoms with Crippen LogP contribution in [0.15, 0.2) is 30.7 Å². The van der Waals surface area contributed by atoms with Gasteiger partial charge in [-0.05, 0) is 49.4 Å². The molecule has 2 aromatic heterocycles. The third kappa shape index (κ3) is 2.96. The number of nitrogens with zero attached hydrogens (tertiary/aromatic N) is 4. The molecule has 5 rings (SSSR count). The summed E-state index contributed by atoms with van der Waals surface area (Å²) in [5.74, 6) is 1.04. The summed E-state index contributed by atoms with van der Waals surface area (Å²) >= 11 is 6.48.